The molecule has 1 aromatic carbocycles. The largest absolute Gasteiger partial charge is 0.492 e. The third kappa shape index (κ3) is 19.5. The van der Waals surface area contributed by atoms with Gasteiger partial charge in [-0.25, -0.2) is 24.2 Å². The van der Waals surface area contributed by atoms with Crippen LogP contribution in [0.15, 0.2) is 67.3 Å². The first-order valence-corrected chi connectivity index (χ1v) is 11.3. The number of nitrogens with one attached hydrogen (secondary N) is 1. The second-order valence-electron chi connectivity index (χ2n) is 8.30. The summed E-state index contributed by atoms with van der Waals surface area (Å²) < 4.78 is 45.1. The van der Waals surface area contributed by atoms with Gasteiger partial charge in [-0.1, -0.05) is 0 Å². The van der Waals surface area contributed by atoms with E-state index in [9.17, 15) is 32.3 Å². The van der Waals surface area contributed by atoms with Crippen molar-refractivity contribution in [3.63, 3.8) is 0 Å². The number of carbonyl (C=O) groups is 4. The lowest BCUT2D eigenvalue weighted by Crippen LogP contribution is -2.45. The minimum Gasteiger partial charge on any atom is -0.492 e. The van der Waals surface area contributed by atoms with Gasteiger partial charge in [0.15, 0.2) is 0 Å². The van der Waals surface area contributed by atoms with Crippen molar-refractivity contribution < 1.29 is 57.5 Å². The van der Waals surface area contributed by atoms with Gasteiger partial charge >= 0.3 is 30.1 Å². The van der Waals surface area contributed by atoms with E-state index in [2.05, 4.69) is 10.3 Å². The smallest absolute Gasteiger partial charge is 0.416 e. The van der Waals surface area contributed by atoms with Crippen LogP contribution in [0.25, 0.3) is 0 Å². The fourth-order valence-corrected chi connectivity index (χ4v) is 2.45. The maximum absolute atomic E-state index is 12.5. The van der Waals surface area contributed by atoms with Gasteiger partial charge in [0.2, 0.25) is 0 Å². The summed E-state index contributed by atoms with van der Waals surface area (Å²) in [5.74, 6) is -4.60. The van der Waals surface area contributed by atoms with Gasteiger partial charge in [0.25, 0.3) is 0 Å². The van der Waals surface area contributed by atoms with Crippen LogP contribution >= 0.6 is 0 Å². The SMILES string of the molecule is CC(C)(COc1ccc(C(F)(F)F)cc1)NCCCn1ccnc1.O=C(O)/C=C\C(=O)O.O=C(O)/C=C\C(=O)O. The Kier molecular flexibility index (Phi) is 15.7. The third-order valence-corrected chi connectivity index (χ3v) is 4.27. The van der Waals surface area contributed by atoms with E-state index in [1.807, 2.05) is 24.6 Å². The maximum Gasteiger partial charge on any atom is 0.416 e. The van der Waals surface area contributed by atoms with Crippen molar-refractivity contribution >= 4 is 23.9 Å². The number of halogens is 3. The van der Waals surface area contributed by atoms with Gasteiger partial charge in [-0.2, -0.15) is 13.2 Å². The van der Waals surface area contributed by atoms with E-state index in [0.717, 1.165) is 31.6 Å². The lowest BCUT2D eigenvalue weighted by Gasteiger charge is -2.26. The molecule has 0 aliphatic carbocycles. The predicted octanol–water partition coefficient (Wildman–Crippen LogP) is 3.16. The van der Waals surface area contributed by atoms with Crippen molar-refractivity contribution in [2.75, 3.05) is 13.2 Å². The monoisotopic (exact) mass is 573 g/mol. The summed E-state index contributed by atoms with van der Waals surface area (Å²) in [5, 5.41) is 34.6. The number of carboxylic acids is 4. The minimum absolute atomic E-state index is 0.280. The highest BCUT2D eigenvalue weighted by atomic mass is 19.4. The quantitative estimate of drug-likeness (QED) is 0.185. The Hall–Kier alpha value is -4.66. The molecule has 0 unspecified atom stereocenters. The highest BCUT2D eigenvalue weighted by Crippen LogP contribution is 2.30. The van der Waals surface area contributed by atoms with Crippen LogP contribution < -0.4 is 10.1 Å². The molecule has 1 aromatic heterocycles. The zero-order chi connectivity index (χ0) is 30.8. The Morgan fingerprint density at radius 1 is 0.900 bits per heavy atom. The summed E-state index contributed by atoms with van der Waals surface area (Å²) in [5.41, 5.74) is -0.954. The van der Waals surface area contributed by atoms with E-state index in [4.69, 9.17) is 25.2 Å². The molecule has 0 saturated heterocycles. The highest BCUT2D eigenvalue weighted by Gasteiger charge is 2.30. The zero-order valence-electron chi connectivity index (χ0n) is 21.5. The Labute approximate surface area is 227 Å². The topological polar surface area (TPSA) is 188 Å². The lowest BCUT2D eigenvalue weighted by molar-refractivity contribution is -0.137. The number of aryl methyl sites for hydroxylation is 1. The number of benzene rings is 1. The Morgan fingerprint density at radius 2 is 1.38 bits per heavy atom. The predicted molar refractivity (Wildman–Crippen MR) is 135 cm³/mol. The fraction of sp³-hybridized carbons (Fsp3) is 0.320. The summed E-state index contributed by atoms with van der Waals surface area (Å²) in [7, 11) is 0. The summed E-state index contributed by atoms with van der Waals surface area (Å²) in [6.07, 6.45) is 4.29. The number of hydrogen-bond acceptors (Lipinski definition) is 7. The number of nitrogens with zero attached hydrogens (tertiary/aromatic N) is 2. The van der Waals surface area contributed by atoms with Gasteiger partial charge in [0.05, 0.1) is 11.9 Å². The van der Waals surface area contributed by atoms with Crippen molar-refractivity contribution in [3.8, 4) is 5.75 Å². The molecule has 0 fully saturated rings. The summed E-state index contributed by atoms with van der Waals surface area (Å²) in [4.78, 5) is 42.2. The van der Waals surface area contributed by atoms with E-state index >= 15 is 0 Å². The number of aromatic nitrogens is 2. The summed E-state index contributed by atoms with van der Waals surface area (Å²) in [6, 6.07) is 4.75. The summed E-state index contributed by atoms with van der Waals surface area (Å²) >= 11 is 0. The Bertz CT molecular complexity index is 1060. The molecule has 220 valence electrons. The molecular weight excluding hydrogens is 543 g/mol. The van der Waals surface area contributed by atoms with Crippen molar-refractivity contribution in [2.45, 2.75) is 38.5 Å². The zero-order valence-corrected chi connectivity index (χ0v) is 21.5. The van der Waals surface area contributed by atoms with Gasteiger partial charge in [-0.05, 0) is 51.1 Å². The first-order chi connectivity index (χ1) is 18.5. The lowest BCUT2D eigenvalue weighted by atomic mass is 10.1. The highest BCUT2D eigenvalue weighted by molar-refractivity contribution is 5.90. The maximum atomic E-state index is 12.5. The van der Waals surface area contributed by atoms with Crippen LogP contribution in [0.5, 0.6) is 5.75 Å². The number of ether oxygens (including phenoxy) is 1. The van der Waals surface area contributed by atoms with Gasteiger partial charge in [0.1, 0.15) is 12.4 Å². The fourth-order valence-electron chi connectivity index (χ4n) is 2.45. The molecule has 15 heteroatoms. The van der Waals surface area contributed by atoms with Crippen LogP contribution in [0.2, 0.25) is 0 Å². The molecule has 2 rings (SSSR count). The van der Waals surface area contributed by atoms with E-state index in [0.29, 0.717) is 36.7 Å². The van der Waals surface area contributed by atoms with E-state index in [-0.39, 0.29) is 5.54 Å². The van der Waals surface area contributed by atoms with Gasteiger partial charge in [0, 0.05) is 48.8 Å². The van der Waals surface area contributed by atoms with Crippen molar-refractivity contribution in [1.82, 2.24) is 14.9 Å². The number of imidazole rings is 1. The molecule has 0 aliphatic heterocycles. The van der Waals surface area contributed by atoms with E-state index in [1.54, 1.807) is 12.5 Å². The second kappa shape index (κ2) is 17.8. The van der Waals surface area contributed by atoms with Crippen molar-refractivity contribution in [2.24, 2.45) is 0 Å². The molecule has 0 bridgehead atoms. The number of alkyl halides is 3. The van der Waals surface area contributed by atoms with Crippen molar-refractivity contribution in [3.05, 3.63) is 72.9 Å². The number of carboxylic acid groups (broad SMARTS) is 4. The Morgan fingerprint density at radius 3 is 1.75 bits per heavy atom. The van der Waals surface area contributed by atoms with Gasteiger partial charge in [-0.15, -0.1) is 0 Å². The van der Waals surface area contributed by atoms with E-state index in [1.165, 1.54) is 12.1 Å². The molecule has 12 nitrogen and oxygen atoms in total. The molecule has 0 amide bonds. The molecule has 1 heterocycles. The molecule has 0 saturated carbocycles. The van der Waals surface area contributed by atoms with Crippen LogP contribution in [0.3, 0.4) is 0 Å². The molecule has 0 aliphatic rings. The number of aliphatic carboxylic acids is 4. The number of rotatable bonds is 12. The standard InChI is InChI=1S/C17H22F3N3O.2C4H4O4/c1-16(2,22-8-3-10-23-11-9-21-13-23)12-24-15-6-4-14(5-7-15)17(18,19)20;2*5-3(6)1-2-4(7)8/h4-7,9,11,13,22H,3,8,10,12H2,1-2H3;2*1-2H,(H,5,6)(H,7,8)/b;2*2-1-. The molecule has 40 heavy (non-hydrogen) atoms. The second-order valence-corrected chi connectivity index (χ2v) is 8.30. The number of hydrogen-bond donors (Lipinski definition) is 5. The molecule has 5 N–H and O–H groups in total. The molecule has 0 atom stereocenters. The molecule has 0 radical (unpaired) electrons. The van der Waals surface area contributed by atoms with E-state index < -0.39 is 35.6 Å². The molecule has 0 spiro atoms. The van der Waals surface area contributed by atoms with Crippen molar-refractivity contribution in [1.29, 1.82) is 0 Å². The summed E-state index contributed by atoms with van der Waals surface area (Å²) in [6.45, 7) is 6.04. The normalized spacial score (nSPS) is 11.2. The van der Waals surface area contributed by atoms with Crippen LogP contribution in [0, 0.1) is 0 Å². The first kappa shape index (κ1) is 35.3. The Balaban J connectivity index is 0.000000780. The van der Waals surface area contributed by atoms with Crippen LogP contribution in [-0.4, -0.2) is 72.5 Å². The van der Waals surface area contributed by atoms with Gasteiger partial charge < -0.3 is 35.0 Å². The minimum atomic E-state index is -4.32. The van der Waals surface area contributed by atoms with Crippen LogP contribution in [0.4, 0.5) is 13.2 Å². The van der Waals surface area contributed by atoms with Crippen LogP contribution in [0.1, 0.15) is 25.8 Å². The first-order valence-electron chi connectivity index (χ1n) is 11.3. The molecular formula is C25H30F3N3O9. The van der Waals surface area contributed by atoms with Gasteiger partial charge in [-0.3, -0.25) is 0 Å². The third-order valence-electron chi connectivity index (χ3n) is 4.27. The average molecular weight is 574 g/mol. The van der Waals surface area contributed by atoms with Crippen LogP contribution in [-0.2, 0) is 31.9 Å². The average Bonchev–Trinajstić information content (AvgIpc) is 3.37. The molecule has 2 aromatic rings.